The van der Waals surface area contributed by atoms with Gasteiger partial charge < -0.3 is 0 Å². The SMILES string of the molecule is Cc1cccc2c1CC[C@]1(C)[C@H]3CC[C@@H](C(C)C)[C@]3(C)CC[C@@]21C. The molecular formula is C24H36. The van der Waals surface area contributed by atoms with Crippen molar-refractivity contribution in [2.24, 2.45) is 28.6 Å². The second-order valence-corrected chi connectivity index (χ2v) is 10.3. The van der Waals surface area contributed by atoms with E-state index in [-0.39, 0.29) is 0 Å². The van der Waals surface area contributed by atoms with Gasteiger partial charge in [0.15, 0.2) is 0 Å². The fourth-order valence-corrected chi connectivity index (χ4v) is 7.78. The van der Waals surface area contributed by atoms with Gasteiger partial charge in [-0.05, 0) is 96.1 Å². The molecule has 0 bridgehead atoms. The van der Waals surface area contributed by atoms with Crippen LogP contribution in [-0.4, -0.2) is 0 Å². The van der Waals surface area contributed by atoms with Gasteiger partial charge in [0.2, 0.25) is 0 Å². The topological polar surface area (TPSA) is 0 Å². The summed E-state index contributed by atoms with van der Waals surface area (Å²) < 4.78 is 0. The molecule has 0 N–H and O–H groups in total. The summed E-state index contributed by atoms with van der Waals surface area (Å²) in [5, 5.41) is 0. The Bertz CT molecular complexity index is 656. The molecular weight excluding hydrogens is 288 g/mol. The van der Waals surface area contributed by atoms with Crippen molar-refractivity contribution in [3.05, 3.63) is 34.9 Å². The first-order valence-corrected chi connectivity index (χ1v) is 10.3. The molecule has 0 heterocycles. The molecule has 0 aliphatic heterocycles. The van der Waals surface area contributed by atoms with Gasteiger partial charge in [0.25, 0.3) is 0 Å². The maximum atomic E-state index is 2.67. The van der Waals surface area contributed by atoms with Crippen molar-refractivity contribution in [2.45, 2.75) is 85.5 Å². The normalized spacial score (nSPS) is 44.1. The van der Waals surface area contributed by atoms with Crippen LogP contribution < -0.4 is 0 Å². The van der Waals surface area contributed by atoms with Crippen LogP contribution in [0.5, 0.6) is 0 Å². The van der Waals surface area contributed by atoms with E-state index in [9.17, 15) is 0 Å². The quantitative estimate of drug-likeness (QED) is 0.540. The van der Waals surface area contributed by atoms with E-state index < -0.39 is 0 Å². The van der Waals surface area contributed by atoms with Crippen LogP contribution in [0.4, 0.5) is 0 Å². The molecule has 0 spiro atoms. The van der Waals surface area contributed by atoms with E-state index in [4.69, 9.17) is 0 Å². The number of hydrogen-bond donors (Lipinski definition) is 0. The number of rotatable bonds is 1. The van der Waals surface area contributed by atoms with Crippen molar-refractivity contribution in [1.29, 1.82) is 0 Å². The molecule has 0 aromatic heterocycles. The van der Waals surface area contributed by atoms with Crippen molar-refractivity contribution < 1.29 is 0 Å². The molecule has 4 rings (SSSR count). The first kappa shape index (κ1) is 16.7. The summed E-state index contributed by atoms with van der Waals surface area (Å²) in [6, 6.07) is 7.10. The summed E-state index contributed by atoms with van der Waals surface area (Å²) in [6.45, 7) is 15.2. The van der Waals surface area contributed by atoms with E-state index in [1.165, 1.54) is 44.1 Å². The Hall–Kier alpha value is -0.780. The standard InChI is InChI=1S/C24H36/c1-16(2)19-10-11-21-22(19,4)14-15-23(5)20-9-7-8-17(3)18(20)12-13-24(21,23)6/h7-9,16,19,21H,10-15H2,1-6H3/t19-,21-,22-,23-,24+/m0/s1. The summed E-state index contributed by atoms with van der Waals surface area (Å²) in [5.74, 6) is 2.68. The Morgan fingerprint density at radius 3 is 2.46 bits per heavy atom. The van der Waals surface area contributed by atoms with Crippen molar-refractivity contribution in [3.8, 4) is 0 Å². The monoisotopic (exact) mass is 324 g/mol. The second-order valence-electron chi connectivity index (χ2n) is 10.3. The van der Waals surface area contributed by atoms with Crippen LogP contribution in [0, 0.1) is 35.5 Å². The molecule has 0 amide bonds. The van der Waals surface area contributed by atoms with Crippen LogP contribution in [0.1, 0.15) is 83.4 Å². The molecule has 3 aliphatic rings. The smallest absolute Gasteiger partial charge is 0.00155 e. The lowest BCUT2D eigenvalue weighted by atomic mass is 9.41. The van der Waals surface area contributed by atoms with Gasteiger partial charge in [-0.1, -0.05) is 52.8 Å². The van der Waals surface area contributed by atoms with Gasteiger partial charge >= 0.3 is 0 Å². The molecule has 1 aromatic rings. The van der Waals surface area contributed by atoms with Gasteiger partial charge in [-0.2, -0.15) is 0 Å². The number of fused-ring (bicyclic) bond motifs is 5. The van der Waals surface area contributed by atoms with E-state index in [1.807, 2.05) is 0 Å². The van der Waals surface area contributed by atoms with Gasteiger partial charge in [-0.3, -0.25) is 0 Å². The Kier molecular flexibility index (Phi) is 3.56. The summed E-state index contributed by atoms with van der Waals surface area (Å²) in [7, 11) is 0. The lowest BCUT2D eigenvalue weighted by molar-refractivity contribution is -0.0856. The van der Waals surface area contributed by atoms with E-state index in [0.717, 1.165) is 17.8 Å². The largest absolute Gasteiger partial charge is 0.0625 e. The molecule has 1 aromatic carbocycles. The Labute approximate surface area is 149 Å². The third-order valence-electron chi connectivity index (χ3n) is 9.31. The lowest BCUT2D eigenvalue weighted by Crippen LogP contribution is -2.58. The Morgan fingerprint density at radius 2 is 1.75 bits per heavy atom. The van der Waals surface area contributed by atoms with E-state index >= 15 is 0 Å². The Balaban J connectivity index is 1.83. The van der Waals surface area contributed by atoms with Crippen molar-refractivity contribution in [1.82, 2.24) is 0 Å². The summed E-state index contributed by atoms with van der Waals surface area (Å²) in [6.07, 6.45) is 8.44. The minimum absolute atomic E-state index is 0.378. The average Bonchev–Trinajstić information content (AvgIpc) is 2.88. The molecule has 3 aliphatic carbocycles. The molecule has 2 fully saturated rings. The zero-order valence-electron chi connectivity index (χ0n) is 16.7. The Morgan fingerprint density at radius 1 is 1.00 bits per heavy atom. The average molecular weight is 325 g/mol. The highest BCUT2D eigenvalue weighted by molar-refractivity contribution is 5.44. The highest BCUT2D eigenvalue weighted by Crippen LogP contribution is 2.71. The highest BCUT2D eigenvalue weighted by Gasteiger charge is 2.64. The molecule has 24 heavy (non-hydrogen) atoms. The van der Waals surface area contributed by atoms with Gasteiger partial charge in [0.05, 0.1) is 0 Å². The predicted octanol–water partition coefficient (Wildman–Crippen LogP) is 6.69. The third-order valence-corrected chi connectivity index (χ3v) is 9.31. The number of aryl methyl sites for hydroxylation is 1. The zero-order valence-corrected chi connectivity index (χ0v) is 16.7. The first-order chi connectivity index (χ1) is 11.2. The molecule has 0 heteroatoms. The van der Waals surface area contributed by atoms with E-state index in [1.54, 1.807) is 11.1 Å². The van der Waals surface area contributed by atoms with Crippen molar-refractivity contribution in [2.75, 3.05) is 0 Å². The van der Waals surface area contributed by atoms with Crippen LogP contribution in [0.15, 0.2) is 18.2 Å². The van der Waals surface area contributed by atoms with Gasteiger partial charge in [-0.15, -0.1) is 0 Å². The number of hydrogen-bond acceptors (Lipinski definition) is 0. The zero-order chi connectivity index (χ0) is 17.3. The number of benzene rings is 1. The van der Waals surface area contributed by atoms with Gasteiger partial charge in [0, 0.05) is 0 Å². The molecule has 5 atom stereocenters. The van der Waals surface area contributed by atoms with Crippen LogP contribution in [0.2, 0.25) is 0 Å². The minimum atomic E-state index is 0.378. The lowest BCUT2D eigenvalue weighted by Gasteiger charge is -2.63. The predicted molar refractivity (Wildman–Crippen MR) is 103 cm³/mol. The van der Waals surface area contributed by atoms with Gasteiger partial charge in [-0.25, -0.2) is 0 Å². The fraction of sp³-hybridized carbons (Fsp3) is 0.750. The molecule has 0 unspecified atom stereocenters. The van der Waals surface area contributed by atoms with Crippen molar-refractivity contribution in [3.63, 3.8) is 0 Å². The molecule has 0 nitrogen and oxygen atoms in total. The first-order valence-electron chi connectivity index (χ1n) is 10.3. The van der Waals surface area contributed by atoms with Crippen LogP contribution in [-0.2, 0) is 11.8 Å². The second kappa shape index (κ2) is 5.12. The summed E-state index contributed by atoms with van der Waals surface area (Å²) in [4.78, 5) is 0. The molecule has 2 saturated carbocycles. The third kappa shape index (κ3) is 1.86. The molecule has 0 radical (unpaired) electrons. The maximum absolute atomic E-state index is 2.67. The minimum Gasteiger partial charge on any atom is -0.0625 e. The van der Waals surface area contributed by atoms with Crippen LogP contribution in [0.25, 0.3) is 0 Å². The molecule has 132 valence electrons. The van der Waals surface area contributed by atoms with Crippen LogP contribution in [0.3, 0.4) is 0 Å². The molecule has 0 saturated heterocycles. The van der Waals surface area contributed by atoms with E-state index in [2.05, 4.69) is 59.7 Å². The van der Waals surface area contributed by atoms with E-state index in [0.29, 0.717) is 16.2 Å². The van der Waals surface area contributed by atoms with Crippen molar-refractivity contribution >= 4 is 0 Å². The van der Waals surface area contributed by atoms with Gasteiger partial charge in [0.1, 0.15) is 0 Å². The summed E-state index contributed by atoms with van der Waals surface area (Å²) >= 11 is 0. The summed E-state index contributed by atoms with van der Waals surface area (Å²) in [5.41, 5.74) is 6.33. The fourth-order valence-electron chi connectivity index (χ4n) is 7.78. The highest BCUT2D eigenvalue weighted by atomic mass is 14.7. The van der Waals surface area contributed by atoms with Crippen LogP contribution >= 0.6 is 0 Å². The maximum Gasteiger partial charge on any atom is -0.00155 e.